The minimum atomic E-state index is -0.934. The van der Waals surface area contributed by atoms with E-state index in [-0.39, 0.29) is 39.4 Å². The second kappa shape index (κ2) is 11.5. The lowest BCUT2D eigenvalue weighted by molar-refractivity contribution is -0.133. The zero-order valence-corrected chi connectivity index (χ0v) is 21.5. The Bertz CT molecular complexity index is 1420. The molecule has 0 unspecified atom stereocenters. The smallest absolute Gasteiger partial charge is 0.313 e. The first-order valence-electron chi connectivity index (χ1n) is 9.76. The number of fused-ring (bicyclic) bond motifs is 1. The normalized spacial score (nSPS) is 11.1. The molecular formula is C21H14Cl2FN5O3S3. The Morgan fingerprint density at radius 2 is 1.74 bits per heavy atom. The molecule has 0 aliphatic rings. The molecule has 0 saturated carbocycles. The molecule has 2 aromatic carbocycles. The SMILES string of the molecule is O=C(O)CSc1nnc(SCC(=O)Cc2ccc3ncnc(Nc4cc(Cl)c(Cl)cc4F)c3c2)s1. The highest BCUT2D eigenvalue weighted by molar-refractivity contribution is 8.03. The maximum absolute atomic E-state index is 14.3. The monoisotopic (exact) mass is 569 g/mol. The number of benzene rings is 2. The number of nitrogens with zero attached hydrogens (tertiary/aromatic N) is 4. The number of halogens is 3. The Labute approximate surface area is 220 Å². The number of carbonyl (C=O) groups excluding carboxylic acids is 1. The number of aliphatic carboxylic acids is 1. The van der Waals surface area contributed by atoms with E-state index in [4.69, 9.17) is 28.3 Å². The molecule has 2 aromatic heterocycles. The fourth-order valence-electron chi connectivity index (χ4n) is 2.92. The molecule has 180 valence electrons. The molecule has 4 aromatic rings. The van der Waals surface area contributed by atoms with E-state index in [2.05, 4.69) is 25.5 Å². The summed E-state index contributed by atoms with van der Waals surface area (Å²) in [5.41, 5.74) is 1.47. The van der Waals surface area contributed by atoms with Gasteiger partial charge in [0.25, 0.3) is 0 Å². The van der Waals surface area contributed by atoms with Crippen molar-refractivity contribution in [2.24, 2.45) is 0 Å². The van der Waals surface area contributed by atoms with Gasteiger partial charge in [-0.1, -0.05) is 64.1 Å². The predicted molar refractivity (Wildman–Crippen MR) is 137 cm³/mol. The van der Waals surface area contributed by atoms with E-state index < -0.39 is 11.8 Å². The minimum Gasteiger partial charge on any atom is -0.481 e. The molecule has 35 heavy (non-hydrogen) atoms. The van der Waals surface area contributed by atoms with Gasteiger partial charge in [0.2, 0.25) is 0 Å². The Morgan fingerprint density at radius 1 is 1.03 bits per heavy atom. The molecule has 2 N–H and O–H groups in total. The summed E-state index contributed by atoms with van der Waals surface area (Å²) in [6, 6.07) is 7.83. The fraction of sp³-hybridized carbons (Fsp3) is 0.143. The summed E-state index contributed by atoms with van der Waals surface area (Å²) in [4.78, 5) is 31.7. The maximum atomic E-state index is 14.3. The quantitative estimate of drug-likeness (QED) is 0.180. The van der Waals surface area contributed by atoms with Gasteiger partial charge in [-0.05, 0) is 29.8 Å². The van der Waals surface area contributed by atoms with Crippen LogP contribution in [-0.2, 0) is 16.0 Å². The summed E-state index contributed by atoms with van der Waals surface area (Å²) >= 11 is 15.4. The minimum absolute atomic E-state index is 0.0359. The van der Waals surface area contributed by atoms with Crippen molar-refractivity contribution in [1.82, 2.24) is 20.2 Å². The van der Waals surface area contributed by atoms with Crippen molar-refractivity contribution in [1.29, 1.82) is 0 Å². The van der Waals surface area contributed by atoms with Crippen LogP contribution in [0.15, 0.2) is 45.3 Å². The summed E-state index contributed by atoms with van der Waals surface area (Å²) in [5.74, 6) is -1.12. The third-order valence-corrected chi connectivity index (χ3v) is 8.38. The molecule has 0 bridgehead atoms. The molecule has 0 amide bonds. The number of carboxylic acids is 1. The van der Waals surface area contributed by atoms with E-state index in [0.29, 0.717) is 25.4 Å². The van der Waals surface area contributed by atoms with Crippen LogP contribution in [0.25, 0.3) is 10.9 Å². The van der Waals surface area contributed by atoms with Gasteiger partial charge in [-0.3, -0.25) is 9.59 Å². The number of rotatable bonds is 10. The van der Waals surface area contributed by atoms with E-state index in [9.17, 15) is 14.0 Å². The molecule has 2 heterocycles. The van der Waals surface area contributed by atoms with Gasteiger partial charge < -0.3 is 10.4 Å². The number of hydrogen-bond donors (Lipinski definition) is 2. The van der Waals surface area contributed by atoms with Gasteiger partial charge in [-0.15, -0.1) is 10.2 Å². The van der Waals surface area contributed by atoms with Crippen LogP contribution in [0.4, 0.5) is 15.9 Å². The first-order valence-corrected chi connectivity index (χ1v) is 13.3. The number of anilines is 2. The van der Waals surface area contributed by atoms with Gasteiger partial charge in [0.15, 0.2) is 8.68 Å². The van der Waals surface area contributed by atoms with Crippen molar-refractivity contribution in [3.63, 3.8) is 0 Å². The van der Waals surface area contributed by atoms with Crippen molar-refractivity contribution in [3.05, 3.63) is 58.1 Å². The van der Waals surface area contributed by atoms with E-state index in [1.165, 1.54) is 35.5 Å². The highest BCUT2D eigenvalue weighted by atomic mass is 35.5. The molecule has 0 radical (unpaired) electrons. The summed E-state index contributed by atoms with van der Waals surface area (Å²) in [5, 5.41) is 20.5. The van der Waals surface area contributed by atoms with Crippen LogP contribution in [0, 0.1) is 5.82 Å². The Kier molecular flexibility index (Phi) is 8.39. The molecule has 0 spiro atoms. The lowest BCUT2D eigenvalue weighted by atomic mass is 10.1. The number of ketones is 1. The van der Waals surface area contributed by atoms with Crippen LogP contribution in [0.3, 0.4) is 0 Å². The van der Waals surface area contributed by atoms with E-state index >= 15 is 0 Å². The second-order valence-electron chi connectivity index (χ2n) is 6.97. The average Bonchev–Trinajstić information content (AvgIpc) is 3.28. The van der Waals surface area contributed by atoms with Crippen LogP contribution in [-0.4, -0.2) is 48.5 Å². The molecule has 4 rings (SSSR count). The number of nitrogens with one attached hydrogen (secondary N) is 1. The number of carbonyl (C=O) groups is 2. The molecule has 0 aliphatic heterocycles. The first kappa shape index (κ1) is 25.6. The number of hydrogen-bond acceptors (Lipinski definition) is 10. The van der Waals surface area contributed by atoms with E-state index in [1.807, 2.05) is 0 Å². The molecule has 8 nitrogen and oxygen atoms in total. The number of thioether (sulfide) groups is 2. The van der Waals surface area contributed by atoms with Crippen LogP contribution in [0.2, 0.25) is 10.0 Å². The molecular weight excluding hydrogens is 556 g/mol. The van der Waals surface area contributed by atoms with Gasteiger partial charge in [-0.2, -0.15) is 0 Å². The molecule has 14 heteroatoms. The molecule has 0 saturated heterocycles. The number of aromatic nitrogens is 4. The standard InChI is InChI=1S/C21H14Cl2FN5O3S3/c22-13-5-15(24)17(6-14(13)23)27-19-12-4-10(1-2-16(12)25-9-26-19)3-11(30)7-33-20-28-29-21(35-20)34-8-18(31)32/h1-2,4-6,9H,3,7-8H2,(H,31,32)(H,25,26,27). The van der Waals surface area contributed by atoms with E-state index in [1.54, 1.807) is 18.2 Å². The lowest BCUT2D eigenvalue weighted by Gasteiger charge is -2.11. The van der Waals surface area contributed by atoms with Crippen LogP contribution in [0.5, 0.6) is 0 Å². The van der Waals surface area contributed by atoms with Gasteiger partial charge >= 0.3 is 5.97 Å². The lowest BCUT2D eigenvalue weighted by Crippen LogP contribution is -2.06. The molecule has 0 fully saturated rings. The largest absolute Gasteiger partial charge is 0.481 e. The predicted octanol–water partition coefficient (Wildman–Crippen LogP) is 5.75. The van der Waals surface area contributed by atoms with Crippen LogP contribution < -0.4 is 5.32 Å². The third-order valence-electron chi connectivity index (χ3n) is 4.43. The second-order valence-corrected chi connectivity index (χ2v) is 11.2. The summed E-state index contributed by atoms with van der Waals surface area (Å²) in [6.07, 6.45) is 1.52. The Balaban J connectivity index is 1.44. The van der Waals surface area contributed by atoms with E-state index in [0.717, 1.165) is 23.4 Å². The molecule has 0 aliphatic carbocycles. The number of Topliss-reactive ketones (excluding diaryl/α,β-unsaturated/α-hetero) is 1. The zero-order valence-electron chi connectivity index (χ0n) is 17.5. The summed E-state index contributed by atoms with van der Waals surface area (Å²) in [7, 11) is 0. The van der Waals surface area contributed by atoms with Crippen molar-refractivity contribution >= 4 is 92.2 Å². The van der Waals surface area contributed by atoms with Gasteiger partial charge in [0, 0.05) is 11.8 Å². The Hall–Kier alpha value is -2.51. The third kappa shape index (κ3) is 6.79. The van der Waals surface area contributed by atoms with Crippen molar-refractivity contribution < 1.29 is 19.1 Å². The first-order chi connectivity index (χ1) is 16.8. The fourth-order valence-corrected chi connectivity index (χ4v) is 5.83. The van der Waals surface area contributed by atoms with Crippen molar-refractivity contribution in [2.75, 3.05) is 16.8 Å². The summed E-state index contributed by atoms with van der Waals surface area (Å²) in [6.45, 7) is 0. The summed E-state index contributed by atoms with van der Waals surface area (Å²) < 4.78 is 15.5. The highest BCUT2D eigenvalue weighted by Crippen LogP contribution is 2.32. The van der Waals surface area contributed by atoms with Gasteiger partial charge in [0.05, 0.1) is 32.8 Å². The highest BCUT2D eigenvalue weighted by Gasteiger charge is 2.14. The van der Waals surface area contributed by atoms with Crippen molar-refractivity contribution in [3.8, 4) is 0 Å². The number of carboxylic acid groups (broad SMARTS) is 1. The van der Waals surface area contributed by atoms with Gasteiger partial charge in [0.1, 0.15) is 23.7 Å². The average molecular weight is 570 g/mol. The topological polar surface area (TPSA) is 118 Å². The van der Waals surface area contributed by atoms with Gasteiger partial charge in [-0.25, -0.2) is 14.4 Å². The van der Waals surface area contributed by atoms with Crippen LogP contribution in [0.1, 0.15) is 5.56 Å². The Morgan fingerprint density at radius 3 is 2.49 bits per heavy atom. The van der Waals surface area contributed by atoms with Crippen molar-refractivity contribution in [2.45, 2.75) is 15.1 Å². The van der Waals surface area contributed by atoms with Crippen LogP contribution >= 0.6 is 58.1 Å². The zero-order chi connectivity index (χ0) is 24.9. The maximum Gasteiger partial charge on any atom is 0.313 e. The molecule has 0 atom stereocenters.